The van der Waals surface area contributed by atoms with Gasteiger partial charge in [0.15, 0.2) is 0 Å². The van der Waals surface area contributed by atoms with Crippen LogP contribution in [0.3, 0.4) is 0 Å². The zero-order chi connectivity index (χ0) is 17.5. The van der Waals surface area contributed by atoms with Gasteiger partial charge in [-0.3, -0.25) is 4.79 Å². The highest BCUT2D eigenvalue weighted by atomic mass is 79.9. The summed E-state index contributed by atoms with van der Waals surface area (Å²) in [6.45, 7) is 6.74. The average Bonchev–Trinajstić information content (AvgIpc) is 2.54. The lowest BCUT2D eigenvalue weighted by molar-refractivity contribution is 0.00843. The number of carbonyl (C=O) groups is 1. The SMILES string of the molecule is CC(C)Oc1cc(Br)cc(C(=O)N2CCC(OCCCN)CC2)c1.Cl. The number of hydrogen-bond donors (Lipinski definition) is 1. The number of benzene rings is 1. The molecule has 0 atom stereocenters. The van der Waals surface area contributed by atoms with Crippen molar-refractivity contribution in [2.75, 3.05) is 26.2 Å². The molecule has 0 spiro atoms. The second-order valence-corrected chi connectivity index (χ2v) is 7.26. The summed E-state index contributed by atoms with van der Waals surface area (Å²) in [5, 5.41) is 0. The summed E-state index contributed by atoms with van der Waals surface area (Å²) in [5.41, 5.74) is 6.13. The Kier molecular flexibility index (Phi) is 9.79. The molecule has 2 rings (SSSR count). The van der Waals surface area contributed by atoms with Gasteiger partial charge in [-0.2, -0.15) is 0 Å². The maximum atomic E-state index is 12.7. The Bertz CT molecular complexity index is 549. The highest BCUT2D eigenvalue weighted by molar-refractivity contribution is 9.10. The molecule has 1 fully saturated rings. The van der Waals surface area contributed by atoms with Crippen molar-refractivity contribution >= 4 is 34.2 Å². The van der Waals surface area contributed by atoms with Crippen molar-refractivity contribution in [3.8, 4) is 5.75 Å². The highest BCUT2D eigenvalue weighted by Gasteiger charge is 2.24. The maximum Gasteiger partial charge on any atom is 0.254 e. The zero-order valence-corrected chi connectivity index (χ0v) is 17.3. The Morgan fingerprint density at radius 1 is 1.32 bits per heavy atom. The van der Waals surface area contributed by atoms with Crippen molar-refractivity contribution in [3.63, 3.8) is 0 Å². The molecule has 0 radical (unpaired) electrons. The lowest BCUT2D eigenvalue weighted by Crippen LogP contribution is -2.41. The minimum Gasteiger partial charge on any atom is -0.491 e. The number of halogens is 2. The predicted octanol–water partition coefficient (Wildman–Crippen LogP) is 3.63. The summed E-state index contributed by atoms with van der Waals surface area (Å²) >= 11 is 3.46. The van der Waals surface area contributed by atoms with Gasteiger partial charge in [-0.25, -0.2) is 0 Å². The number of likely N-dealkylation sites (tertiary alicyclic amines) is 1. The molecule has 1 aromatic rings. The molecule has 1 aliphatic rings. The number of piperidine rings is 1. The van der Waals surface area contributed by atoms with Crippen LogP contribution in [0.5, 0.6) is 5.75 Å². The number of ether oxygens (including phenoxy) is 2. The molecule has 1 saturated heterocycles. The summed E-state index contributed by atoms with van der Waals surface area (Å²) in [6.07, 6.45) is 2.95. The zero-order valence-electron chi connectivity index (χ0n) is 14.9. The van der Waals surface area contributed by atoms with E-state index < -0.39 is 0 Å². The summed E-state index contributed by atoms with van der Waals surface area (Å²) in [4.78, 5) is 14.6. The molecule has 0 saturated carbocycles. The molecular weight excluding hydrogens is 408 g/mol. The Balaban J connectivity index is 0.00000312. The van der Waals surface area contributed by atoms with E-state index in [1.165, 1.54) is 0 Å². The van der Waals surface area contributed by atoms with Crippen molar-refractivity contribution in [2.24, 2.45) is 5.73 Å². The number of nitrogens with two attached hydrogens (primary N) is 1. The third-order valence-electron chi connectivity index (χ3n) is 3.92. The smallest absolute Gasteiger partial charge is 0.254 e. The monoisotopic (exact) mass is 434 g/mol. The lowest BCUT2D eigenvalue weighted by Gasteiger charge is -2.32. The number of amides is 1. The van der Waals surface area contributed by atoms with E-state index in [4.69, 9.17) is 15.2 Å². The molecule has 1 aliphatic heterocycles. The topological polar surface area (TPSA) is 64.8 Å². The van der Waals surface area contributed by atoms with Crippen molar-refractivity contribution in [2.45, 2.75) is 45.3 Å². The van der Waals surface area contributed by atoms with E-state index in [1.807, 2.05) is 36.9 Å². The first-order valence-electron chi connectivity index (χ1n) is 8.57. The van der Waals surface area contributed by atoms with E-state index >= 15 is 0 Å². The quantitative estimate of drug-likeness (QED) is 0.664. The fourth-order valence-electron chi connectivity index (χ4n) is 2.77. The number of carbonyl (C=O) groups excluding carboxylic acids is 1. The fourth-order valence-corrected chi connectivity index (χ4v) is 3.24. The molecule has 1 amide bonds. The molecule has 7 heteroatoms. The van der Waals surface area contributed by atoms with Crippen molar-refractivity contribution < 1.29 is 14.3 Å². The van der Waals surface area contributed by atoms with E-state index in [2.05, 4.69) is 15.9 Å². The second kappa shape index (κ2) is 11.0. The molecule has 0 aliphatic carbocycles. The Hall–Kier alpha value is -0.820. The van der Waals surface area contributed by atoms with Crippen LogP contribution in [0.15, 0.2) is 22.7 Å². The first-order chi connectivity index (χ1) is 11.5. The van der Waals surface area contributed by atoms with Crippen LogP contribution in [0.1, 0.15) is 43.5 Å². The van der Waals surface area contributed by atoms with Gasteiger partial charge >= 0.3 is 0 Å². The van der Waals surface area contributed by atoms with Gasteiger partial charge in [0, 0.05) is 29.7 Å². The van der Waals surface area contributed by atoms with Gasteiger partial charge in [0.25, 0.3) is 5.91 Å². The Morgan fingerprint density at radius 3 is 2.60 bits per heavy atom. The van der Waals surface area contributed by atoms with E-state index in [0.29, 0.717) is 24.5 Å². The number of nitrogens with zero attached hydrogens (tertiary/aromatic N) is 1. The van der Waals surface area contributed by atoms with Gasteiger partial charge in [0.05, 0.1) is 12.2 Å². The minimum absolute atomic E-state index is 0. The van der Waals surface area contributed by atoms with Crippen molar-refractivity contribution in [1.29, 1.82) is 0 Å². The van der Waals surface area contributed by atoms with Crippen LogP contribution in [0.25, 0.3) is 0 Å². The second-order valence-electron chi connectivity index (χ2n) is 6.35. The lowest BCUT2D eigenvalue weighted by atomic mass is 10.1. The molecular formula is C18H28BrClN2O3. The van der Waals surface area contributed by atoms with Crippen LogP contribution in [0, 0.1) is 0 Å². The molecule has 0 unspecified atom stereocenters. The summed E-state index contributed by atoms with van der Waals surface area (Å²) in [6, 6.07) is 5.55. The normalized spacial score (nSPS) is 15.2. The first kappa shape index (κ1) is 22.2. The average molecular weight is 436 g/mol. The van der Waals surface area contributed by atoms with Gasteiger partial charge in [-0.05, 0) is 57.9 Å². The predicted molar refractivity (Wildman–Crippen MR) is 106 cm³/mol. The molecule has 25 heavy (non-hydrogen) atoms. The van der Waals surface area contributed by atoms with E-state index in [0.717, 1.165) is 36.8 Å². The van der Waals surface area contributed by atoms with Crippen LogP contribution in [0.4, 0.5) is 0 Å². The van der Waals surface area contributed by atoms with Gasteiger partial charge in [-0.15, -0.1) is 12.4 Å². The molecule has 142 valence electrons. The molecule has 0 aromatic heterocycles. The van der Waals surface area contributed by atoms with Gasteiger partial charge in [-0.1, -0.05) is 15.9 Å². The number of rotatable bonds is 7. The molecule has 2 N–H and O–H groups in total. The summed E-state index contributed by atoms with van der Waals surface area (Å²) in [5.74, 6) is 0.757. The van der Waals surface area contributed by atoms with E-state index in [-0.39, 0.29) is 30.5 Å². The third kappa shape index (κ3) is 7.13. The largest absolute Gasteiger partial charge is 0.491 e. The highest BCUT2D eigenvalue weighted by Crippen LogP contribution is 2.24. The minimum atomic E-state index is 0. The fraction of sp³-hybridized carbons (Fsp3) is 0.611. The van der Waals surface area contributed by atoms with Gasteiger partial charge in [0.1, 0.15) is 5.75 Å². The Morgan fingerprint density at radius 2 is 2.00 bits per heavy atom. The van der Waals surface area contributed by atoms with Crippen LogP contribution < -0.4 is 10.5 Å². The maximum absolute atomic E-state index is 12.7. The van der Waals surface area contributed by atoms with Crippen molar-refractivity contribution in [3.05, 3.63) is 28.2 Å². The van der Waals surface area contributed by atoms with Crippen molar-refractivity contribution in [1.82, 2.24) is 4.90 Å². The Labute approximate surface area is 164 Å². The molecule has 1 heterocycles. The standard InChI is InChI=1S/C18H27BrN2O3.ClH/c1-13(2)24-17-11-14(10-15(19)12-17)18(22)21-7-4-16(5-8-21)23-9-3-6-20;/h10-13,16H,3-9,20H2,1-2H3;1H. The van der Waals surface area contributed by atoms with Crippen LogP contribution >= 0.6 is 28.3 Å². The molecule has 0 bridgehead atoms. The van der Waals surface area contributed by atoms with Crippen LogP contribution in [-0.2, 0) is 4.74 Å². The van der Waals surface area contributed by atoms with Crippen LogP contribution in [0.2, 0.25) is 0 Å². The van der Waals surface area contributed by atoms with Crippen LogP contribution in [-0.4, -0.2) is 49.3 Å². The molecule has 1 aromatic carbocycles. The summed E-state index contributed by atoms with van der Waals surface area (Å²) < 4.78 is 12.4. The van der Waals surface area contributed by atoms with Gasteiger partial charge in [0.2, 0.25) is 0 Å². The van der Waals surface area contributed by atoms with E-state index in [1.54, 1.807) is 0 Å². The van der Waals surface area contributed by atoms with E-state index in [9.17, 15) is 4.79 Å². The molecule has 5 nitrogen and oxygen atoms in total. The summed E-state index contributed by atoms with van der Waals surface area (Å²) in [7, 11) is 0. The third-order valence-corrected chi connectivity index (χ3v) is 4.38. The first-order valence-corrected chi connectivity index (χ1v) is 9.37. The van der Waals surface area contributed by atoms with Gasteiger partial charge < -0.3 is 20.1 Å². The number of hydrogen-bond acceptors (Lipinski definition) is 4.